The molecule has 1 saturated heterocycles. The second kappa shape index (κ2) is 5.83. The van der Waals surface area contributed by atoms with Crippen LogP contribution in [0.1, 0.15) is 12.5 Å². The highest BCUT2D eigenvalue weighted by Gasteiger charge is 2.43. The molecular weight excluding hydrogens is 348 g/mol. The largest absolute Gasteiger partial charge is 0.343 e. The SMILES string of the molecule is CC1(Cc2ccccc2)OC(CBr)C(CBr)O1. The maximum Gasteiger partial charge on any atom is 0.170 e. The summed E-state index contributed by atoms with van der Waals surface area (Å²) >= 11 is 6.94. The normalized spacial score (nSPS) is 32.9. The first kappa shape index (κ1) is 13.5. The minimum Gasteiger partial charge on any atom is -0.343 e. The minimum atomic E-state index is -0.516. The molecule has 0 spiro atoms. The molecule has 2 nitrogen and oxygen atoms in total. The molecule has 1 aromatic rings. The molecule has 94 valence electrons. The molecule has 2 unspecified atom stereocenters. The number of ether oxygens (including phenoxy) is 2. The molecule has 1 aromatic carbocycles. The molecule has 0 saturated carbocycles. The Balaban J connectivity index is 2.06. The fraction of sp³-hybridized carbons (Fsp3) is 0.538. The average molecular weight is 364 g/mol. The molecule has 2 rings (SSSR count). The highest BCUT2D eigenvalue weighted by Crippen LogP contribution is 2.33. The van der Waals surface area contributed by atoms with Gasteiger partial charge in [0, 0.05) is 17.1 Å². The summed E-state index contributed by atoms with van der Waals surface area (Å²) in [5, 5.41) is 1.60. The van der Waals surface area contributed by atoms with E-state index >= 15 is 0 Å². The number of alkyl halides is 2. The highest BCUT2D eigenvalue weighted by atomic mass is 79.9. The summed E-state index contributed by atoms with van der Waals surface area (Å²) < 4.78 is 12.0. The van der Waals surface area contributed by atoms with Gasteiger partial charge in [-0.05, 0) is 12.5 Å². The van der Waals surface area contributed by atoms with Crippen LogP contribution in [0.15, 0.2) is 30.3 Å². The number of hydrogen-bond donors (Lipinski definition) is 0. The molecule has 17 heavy (non-hydrogen) atoms. The second-order valence-corrected chi connectivity index (χ2v) is 5.71. The van der Waals surface area contributed by atoms with Crippen LogP contribution in [0, 0.1) is 0 Å². The first-order valence-corrected chi connectivity index (χ1v) is 7.92. The van der Waals surface area contributed by atoms with Crippen molar-refractivity contribution in [2.75, 3.05) is 10.7 Å². The molecule has 0 amide bonds. The van der Waals surface area contributed by atoms with Crippen molar-refractivity contribution in [3.63, 3.8) is 0 Å². The van der Waals surface area contributed by atoms with Gasteiger partial charge in [-0.3, -0.25) is 0 Å². The number of hydrogen-bond acceptors (Lipinski definition) is 2. The van der Waals surface area contributed by atoms with Gasteiger partial charge in [0.25, 0.3) is 0 Å². The zero-order valence-electron chi connectivity index (χ0n) is 9.74. The molecule has 1 fully saturated rings. The van der Waals surface area contributed by atoms with Crippen LogP contribution in [0.3, 0.4) is 0 Å². The van der Waals surface area contributed by atoms with Gasteiger partial charge in [0.1, 0.15) is 0 Å². The van der Waals surface area contributed by atoms with E-state index in [0.717, 1.165) is 17.1 Å². The summed E-state index contributed by atoms with van der Waals surface area (Å²) in [6.07, 6.45) is 1.01. The molecule has 0 aliphatic carbocycles. The summed E-state index contributed by atoms with van der Waals surface area (Å²) in [6, 6.07) is 10.3. The van der Waals surface area contributed by atoms with Gasteiger partial charge in [0.15, 0.2) is 5.79 Å². The second-order valence-electron chi connectivity index (χ2n) is 4.42. The molecule has 0 N–H and O–H groups in total. The highest BCUT2D eigenvalue weighted by molar-refractivity contribution is 9.09. The zero-order valence-corrected chi connectivity index (χ0v) is 12.9. The van der Waals surface area contributed by atoms with Crippen LogP contribution >= 0.6 is 31.9 Å². The van der Waals surface area contributed by atoms with E-state index in [1.165, 1.54) is 5.56 Å². The smallest absolute Gasteiger partial charge is 0.170 e. The molecule has 1 aliphatic rings. The van der Waals surface area contributed by atoms with E-state index in [0.29, 0.717) is 0 Å². The lowest BCUT2D eigenvalue weighted by atomic mass is 10.1. The molecule has 0 aromatic heterocycles. The minimum absolute atomic E-state index is 0.114. The third-order valence-corrected chi connectivity index (χ3v) is 4.16. The van der Waals surface area contributed by atoms with Crippen molar-refractivity contribution < 1.29 is 9.47 Å². The molecule has 0 bridgehead atoms. The maximum absolute atomic E-state index is 6.01. The Labute approximate surface area is 119 Å². The average Bonchev–Trinajstić information content (AvgIpc) is 2.67. The van der Waals surface area contributed by atoms with E-state index in [1.54, 1.807) is 0 Å². The third kappa shape index (κ3) is 3.31. The van der Waals surface area contributed by atoms with Crippen LogP contribution in [0.25, 0.3) is 0 Å². The Morgan fingerprint density at radius 2 is 1.59 bits per heavy atom. The Morgan fingerprint density at radius 3 is 2.06 bits per heavy atom. The van der Waals surface area contributed by atoms with E-state index in [4.69, 9.17) is 9.47 Å². The van der Waals surface area contributed by atoms with Gasteiger partial charge in [-0.1, -0.05) is 62.2 Å². The van der Waals surface area contributed by atoms with Crippen LogP contribution < -0.4 is 0 Å². The maximum atomic E-state index is 6.01. The van der Waals surface area contributed by atoms with Crippen molar-refractivity contribution >= 4 is 31.9 Å². The predicted molar refractivity (Wildman–Crippen MR) is 75.9 cm³/mol. The summed E-state index contributed by atoms with van der Waals surface area (Å²) in [5.41, 5.74) is 1.23. The predicted octanol–water partition coefficient (Wildman–Crippen LogP) is 3.52. The van der Waals surface area contributed by atoms with Gasteiger partial charge >= 0.3 is 0 Å². The molecule has 0 radical (unpaired) electrons. The first-order chi connectivity index (χ1) is 8.17. The van der Waals surface area contributed by atoms with Gasteiger partial charge in [0.05, 0.1) is 12.2 Å². The summed E-state index contributed by atoms with van der Waals surface area (Å²) in [6.45, 7) is 2.01. The van der Waals surface area contributed by atoms with Gasteiger partial charge in [0.2, 0.25) is 0 Å². The summed E-state index contributed by atoms with van der Waals surface area (Å²) in [5.74, 6) is -0.516. The van der Waals surface area contributed by atoms with Gasteiger partial charge < -0.3 is 9.47 Å². The monoisotopic (exact) mass is 362 g/mol. The van der Waals surface area contributed by atoms with E-state index < -0.39 is 5.79 Å². The van der Waals surface area contributed by atoms with E-state index in [9.17, 15) is 0 Å². The number of rotatable bonds is 4. The van der Waals surface area contributed by atoms with Gasteiger partial charge in [-0.25, -0.2) is 0 Å². The third-order valence-electron chi connectivity index (χ3n) is 2.89. The number of halogens is 2. The van der Waals surface area contributed by atoms with Crippen molar-refractivity contribution in [2.24, 2.45) is 0 Å². The topological polar surface area (TPSA) is 18.5 Å². The Morgan fingerprint density at radius 1 is 1.06 bits per heavy atom. The van der Waals surface area contributed by atoms with Gasteiger partial charge in [-0.2, -0.15) is 0 Å². The van der Waals surface area contributed by atoms with Crippen LogP contribution in [0.4, 0.5) is 0 Å². The molecule has 4 heteroatoms. The molecule has 1 heterocycles. The van der Waals surface area contributed by atoms with Crippen LogP contribution in [-0.4, -0.2) is 28.7 Å². The lowest BCUT2D eigenvalue weighted by molar-refractivity contribution is -0.156. The van der Waals surface area contributed by atoms with Crippen molar-refractivity contribution in [1.82, 2.24) is 0 Å². The van der Waals surface area contributed by atoms with Crippen molar-refractivity contribution in [1.29, 1.82) is 0 Å². The van der Waals surface area contributed by atoms with E-state index in [-0.39, 0.29) is 12.2 Å². The fourth-order valence-electron chi connectivity index (χ4n) is 2.13. The van der Waals surface area contributed by atoms with E-state index in [2.05, 4.69) is 44.0 Å². The summed E-state index contributed by atoms with van der Waals surface area (Å²) in [7, 11) is 0. The molecule has 2 atom stereocenters. The van der Waals surface area contributed by atoms with Crippen molar-refractivity contribution in [3.05, 3.63) is 35.9 Å². The lowest BCUT2D eigenvalue weighted by Crippen LogP contribution is -2.30. The Hall–Kier alpha value is 0.1000. The first-order valence-electron chi connectivity index (χ1n) is 5.68. The molecule has 1 aliphatic heterocycles. The van der Waals surface area contributed by atoms with Crippen molar-refractivity contribution in [2.45, 2.75) is 31.3 Å². The number of benzene rings is 1. The van der Waals surface area contributed by atoms with Gasteiger partial charge in [-0.15, -0.1) is 0 Å². The molecular formula is C13H16Br2O2. The van der Waals surface area contributed by atoms with Crippen LogP contribution in [0.5, 0.6) is 0 Å². The lowest BCUT2D eigenvalue weighted by Gasteiger charge is -2.23. The van der Waals surface area contributed by atoms with E-state index in [1.807, 2.05) is 25.1 Å². The fourth-order valence-corrected chi connectivity index (χ4v) is 3.23. The van der Waals surface area contributed by atoms with Crippen molar-refractivity contribution in [3.8, 4) is 0 Å². The quantitative estimate of drug-likeness (QED) is 0.762. The Kier molecular flexibility index (Phi) is 4.64. The van der Waals surface area contributed by atoms with Crippen LogP contribution in [-0.2, 0) is 15.9 Å². The Bertz CT molecular complexity index is 344. The van der Waals surface area contributed by atoms with Crippen LogP contribution in [0.2, 0.25) is 0 Å². The summed E-state index contributed by atoms with van der Waals surface area (Å²) in [4.78, 5) is 0. The zero-order chi connectivity index (χ0) is 12.3. The standard InChI is InChI=1S/C13H16Br2O2/c1-13(7-10-5-3-2-4-6-10)16-11(8-14)12(9-15)17-13/h2-6,11-12H,7-9H2,1H3.